The summed E-state index contributed by atoms with van der Waals surface area (Å²) in [4.78, 5) is 30.2. The Morgan fingerprint density at radius 2 is 2.32 bits per heavy atom. The molecule has 3 rings (SSSR count). The zero-order valence-electron chi connectivity index (χ0n) is 10.4. The van der Waals surface area contributed by atoms with E-state index in [2.05, 4.69) is 15.3 Å². The van der Waals surface area contributed by atoms with Crippen molar-refractivity contribution in [2.75, 3.05) is 5.32 Å². The van der Waals surface area contributed by atoms with Gasteiger partial charge in [-0.1, -0.05) is 0 Å². The van der Waals surface area contributed by atoms with E-state index in [0.29, 0.717) is 17.0 Å². The number of aromatic amines is 1. The lowest BCUT2D eigenvalue weighted by molar-refractivity contribution is 0.102. The number of hydrogen-bond donors (Lipinski definition) is 2. The molecule has 2 aromatic heterocycles. The van der Waals surface area contributed by atoms with Crippen LogP contribution in [0.4, 0.5) is 5.00 Å². The second-order valence-electron chi connectivity index (χ2n) is 4.69. The number of aromatic nitrogens is 2. The maximum absolute atomic E-state index is 12.2. The second kappa shape index (κ2) is 4.62. The fourth-order valence-electron chi connectivity index (χ4n) is 1.98. The van der Waals surface area contributed by atoms with E-state index in [0.717, 1.165) is 23.5 Å². The number of anilines is 1. The van der Waals surface area contributed by atoms with Crippen molar-refractivity contribution in [3.8, 4) is 0 Å². The van der Waals surface area contributed by atoms with Gasteiger partial charge < -0.3 is 10.3 Å². The van der Waals surface area contributed by atoms with E-state index < -0.39 is 0 Å². The second-order valence-corrected chi connectivity index (χ2v) is 5.54. The number of nitrogens with one attached hydrogen (secondary N) is 2. The normalized spacial score (nSPS) is 14.4. The number of nitrogens with zero attached hydrogens (tertiary/aromatic N) is 1. The van der Waals surface area contributed by atoms with Crippen LogP contribution in [0.15, 0.2) is 22.6 Å². The third kappa shape index (κ3) is 2.44. The summed E-state index contributed by atoms with van der Waals surface area (Å²) in [5.74, 6) is 0.290. The van der Waals surface area contributed by atoms with Crippen LogP contribution in [0.5, 0.6) is 0 Å². The number of amides is 1. The van der Waals surface area contributed by atoms with Crippen molar-refractivity contribution in [2.24, 2.45) is 0 Å². The third-order valence-corrected chi connectivity index (χ3v) is 3.92. The van der Waals surface area contributed by atoms with Gasteiger partial charge in [-0.05, 0) is 25.3 Å². The summed E-state index contributed by atoms with van der Waals surface area (Å²) in [5, 5.41) is 3.70. The molecule has 5 nitrogen and oxygen atoms in total. The molecule has 0 radical (unpaired) electrons. The van der Waals surface area contributed by atoms with Crippen LogP contribution in [0, 0.1) is 6.92 Å². The molecule has 1 aliphatic carbocycles. The minimum Gasteiger partial charge on any atom is -0.328 e. The Labute approximate surface area is 113 Å². The third-order valence-electron chi connectivity index (χ3n) is 3.16. The van der Waals surface area contributed by atoms with E-state index in [1.54, 1.807) is 12.4 Å². The molecule has 1 saturated carbocycles. The molecule has 2 heterocycles. The van der Waals surface area contributed by atoms with Crippen LogP contribution in [-0.4, -0.2) is 15.9 Å². The summed E-state index contributed by atoms with van der Waals surface area (Å²) in [7, 11) is 0. The highest BCUT2D eigenvalue weighted by Gasteiger charge is 2.29. The Morgan fingerprint density at radius 3 is 3.00 bits per heavy atom. The first-order valence-corrected chi connectivity index (χ1v) is 6.97. The number of carbonyl (C=O) groups is 1. The van der Waals surface area contributed by atoms with E-state index in [-0.39, 0.29) is 11.5 Å². The van der Waals surface area contributed by atoms with Crippen LogP contribution >= 0.6 is 11.3 Å². The molecule has 0 aromatic carbocycles. The van der Waals surface area contributed by atoms with Gasteiger partial charge in [-0.2, -0.15) is 0 Å². The summed E-state index contributed by atoms with van der Waals surface area (Å²) in [6, 6.07) is 1.42. The van der Waals surface area contributed by atoms with Crippen LogP contribution in [0.25, 0.3) is 0 Å². The topological polar surface area (TPSA) is 74.8 Å². The molecule has 6 heteroatoms. The maximum Gasteiger partial charge on any atom is 0.258 e. The van der Waals surface area contributed by atoms with Gasteiger partial charge in [-0.3, -0.25) is 9.59 Å². The molecule has 0 saturated heterocycles. The Bertz CT molecular complexity index is 685. The van der Waals surface area contributed by atoms with Crippen molar-refractivity contribution in [2.45, 2.75) is 25.7 Å². The minimum absolute atomic E-state index is 0.203. The van der Waals surface area contributed by atoms with Crippen LogP contribution in [0.1, 0.15) is 40.4 Å². The van der Waals surface area contributed by atoms with Gasteiger partial charge in [0.2, 0.25) is 5.56 Å². The van der Waals surface area contributed by atoms with Gasteiger partial charge in [-0.15, -0.1) is 11.3 Å². The number of pyridine rings is 1. The lowest BCUT2D eigenvalue weighted by Crippen LogP contribution is -2.16. The quantitative estimate of drug-likeness (QED) is 0.902. The van der Waals surface area contributed by atoms with Crippen LogP contribution in [0.2, 0.25) is 0 Å². The SMILES string of the molecule is Cc1cc(=O)[nH]cc1C(=O)Nc1scnc1C1CC1. The molecule has 0 aliphatic heterocycles. The average Bonchev–Trinajstić information content (AvgIpc) is 3.10. The molecule has 2 aromatic rings. The average molecular weight is 275 g/mol. The predicted octanol–water partition coefficient (Wildman–Crippen LogP) is 2.27. The van der Waals surface area contributed by atoms with Crippen molar-refractivity contribution >= 4 is 22.2 Å². The maximum atomic E-state index is 12.2. The van der Waals surface area contributed by atoms with Gasteiger partial charge in [-0.25, -0.2) is 4.98 Å². The highest BCUT2D eigenvalue weighted by atomic mass is 32.1. The largest absolute Gasteiger partial charge is 0.328 e. The minimum atomic E-state index is -0.208. The molecule has 1 amide bonds. The lowest BCUT2D eigenvalue weighted by atomic mass is 10.1. The smallest absolute Gasteiger partial charge is 0.258 e. The van der Waals surface area contributed by atoms with Crippen molar-refractivity contribution in [1.82, 2.24) is 9.97 Å². The molecule has 19 heavy (non-hydrogen) atoms. The fourth-order valence-corrected chi connectivity index (χ4v) is 2.75. The number of H-pyrrole nitrogens is 1. The first kappa shape index (κ1) is 12.1. The molecule has 1 aliphatic rings. The van der Waals surface area contributed by atoms with E-state index >= 15 is 0 Å². The zero-order chi connectivity index (χ0) is 13.4. The highest BCUT2D eigenvalue weighted by Crippen LogP contribution is 2.43. The zero-order valence-corrected chi connectivity index (χ0v) is 11.2. The molecule has 0 atom stereocenters. The van der Waals surface area contributed by atoms with E-state index in [1.165, 1.54) is 23.6 Å². The van der Waals surface area contributed by atoms with Gasteiger partial charge in [0.05, 0.1) is 16.8 Å². The van der Waals surface area contributed by atoms with Crippen LogP contribution in [-0.2, 0) is 0 Å². The summed E-state index contributed by atoms with van der Waals surface area (Å²) in [6.07, 6.45) is 3.74. The first-order valence-electron chi connectivity index (χ1n) is 6.09. The van der Waals surface area contributed by atoms with Gasteiger partial charge >= 0.3 is 0 Å². The number of thiazole rings is 1. The summed E-state index contributed by atoms with van der Waals surface area (Å²) in [6.45, 7) is 1.75. The van der Waals surface area contributed by atoms with Crippen molar-refractivity contribution in [3.63, 3.8) is 0 Å². The van der Waals surface area contributed by atoms with Crippen molar-refractivity contribution in [1.29, 1.82) is 0 Å². The van der Waals surface area contributed by atoms with Gasteiger partial charge in [0.15, 0.2) is 0 Å². The lowest BCUT2D eigenvalue weighted by Gasteiger charge is -2.06. The summed E-state index contributed by atoms with van der Waals surface area (Å²) in [5.41, 5.74) is 3.68. The Morgan fingerprint density at radius 1 is 1.53 bits per heavy atom. The van der Waals surface area contributed by atoms with E-state index in [9.17, 15) is 9.59 Å². The van der Waals surface area contributed by atoms with Gasteiger partial charge in [0, 0.05) is 18.2 Å². The number of aryl methyl sites for hydroxylation is 1. The molecule has 1 fully saturated rings. The molecule has 98 valence electrons. The Hall–Kier alpha value is -1.95. The molecule has 0 bridgehead atoms. The predicted molar refractivity (Wildman–Crippen MR) is 73.8 cm³/mol. The molecule has 0 spiro atoms. The highest BCUT2D eigenvalue weighted by molar-refractivity contribution is 7.14. The van der Waals surface area contributed by atoms with Crippen molar-refractivity contribution in [3.05, 3.63) is 44.9 Å². The Kier molecular flexibility index (Phi) is 2.94. The van der Waals surface area contributed by atoms with Gasteiger partial charge in [0.25, 0.3) is 5.91 Å². The summed E-state index contributed by atoms with van der Waals surface area (Å²) < 4.78 is 0. The molecular weight excluding hydrogens is 262 g/mol. The van der Waals surface area contributed by atoms with Crippen molar-refractivity contribution < 1.29 is 4.79 Å². The van der Waals surface area contributed by atoms with Crippen LogP contribution in [0.3, 0.4) is 0 Å². The summed E-state index contributed by atoms with van der Waals surface area (Å²) >= 11 is 1.43. The molecular formula is C13H13N3O2S. The number of rotatable bonds is 3. The number of hydrogen-bond acceptors (Lipinski definition) is 4. The molecule has 2 N–H and O–H groups in total. The van der Waals surface area contributed by atoms with Crippen LogP contribution < -0.4 is 10.9 Å². The number of carbonyl (C=O) groups excluding carboxylic acids is 1. The first-order chi connectivity index (χ1) is 9.15. The fraction of sp³-hybridized carbons (Fsp3) is 0.308. The van der Waals surface area contributed by atoms with Gasteiger partial charge in [0.1, 0.15) is 5.00 Å². The Balaban J connectivity index is 1.84. The standard InChI is InChI=1S/C13H13N3O2S/c1-7-4-10(17)14-5-9(7)12(18)16-13-11(8-2-3-8)15-6-19-13/h4-6,8H,2-3H2,1H3,(H,14,17)(H,16,18). The van der Waals surface area contributed by atoms with E-state index in [1.807, 2.05) is 0 Å². The monoisotopic (exact) mass is 275 g/mol. The van der Waals surface area contributed by atoms with E-state index in [4.69, 9.17) is 0 Å². The molecule has 0 unspecified atom stereocenters.